The predicted octanol–water partition coefficient (Wildman–Crippen LogP) is 5.64. The van der Waals surface area contributed by atoms with E-state index < -0.39 is 6.04 Å². The van der Waals surface area contributed by atoms with Crippen LogP contribution < -0.4 is 10.1 Å². The van der Waals surface area contributed by atoms with Crippen molar-refractivity contribution in [2.45, 2.75) is 71.0 Å². The van der Waals surface area contributed by atoms with Gasteiger partial charge >= 0.3 is 0 Å². The molecule has 0 bridgehead atoms. The maximum Gasteiger partial charge on any atom is 0.261 e. The van der Waals surface area contributed by atoms with Gasteiger partial charge < -0.3 is 15.0 Å². The number of benzene rings is 3. The minimum atomic E-state index is -0.638. The molecule has 5 heteroatoms. The maximum absolute atomic E-state index is 13.7. The van der Waals surface area contributed by atoms with Crippen LogP contribution in [0.25, 0.3) is 0 Å². The van der Waals surface area contributed by atoms with Crippen LogP contribution in [0.5, 0.6) is 5.75 Å². The maximum atomic E-state index is 13.7. The van der Waals surface area contributed by atoms with Gasteiger partial charge in [-0.05, 0) is 60.6 Å². The van der Waals surface area contributed by atoms with Crippen molar-refractivity contribution in [3.05, 3.63) is 101 Å². The first-order valence-corrected chi connectivity index (χ1v) is 13.4. The number of nitrogens with zero attached hydrogens (tertiary/aromatic N) is 1. The van der Waals surface area contributed by atoms with Gasteiger partial charge in [0.25, 0.3) is 5.91 Å². The SMILES string of the molecule is CCc1ccc(OCC(=O)N(Cc2ccccc2C)C(Cc2ccccc2)C(=O)NC2CCCC2)cc1. The van der Waals surface area contributed by atoms with E-state index in [2.05, 4.69) is 12.2 Å². The third-order valence-electron chi connectivity index (χ3n) is 7.27. The summed E-state index contributed by atoms with van der Waals surface area (Å²) >= 11 is 0. The first-order valence-electron chi connectivity index (χ1n) is 13.4. The van der Waals surface area contributed by atoms with Gasteiger partial charge in [0, 0.05) is 19.0 Å². The first-order chi connectivity index (χ1) is 18.0. The highest BCUT2D eigenvalue weighted by molar-refractivity contribution is 5.88. The minimum absolute atomic E-state index is 0.0926. The van der Waals surface area contributed by atoms with Crippen molar-refractivity contribution in [1.29, 1.82) is 0 Å². The van der Waals surface area contributed by atoms with Gasteiger partial charge in [0.2, 0.25) is 5.91 Å². The Balaban J connectivity index is 1.60. The highest BCUT2D eigenvalue weighted by Gasteiger charge is 2.32. The van der Waals surface area contributed by atoms with Crippen LogP contribution in [-0.2, 0) is 29.0 Å². The first kappa shape index (κ1) is 26.5. The summed E-state index contributed by atoms with van der Waals surface area (Å²) in [7, 11) is 0. The molecule has 2 amide bonds. The Morgan fingerprint density at radius 1 is 0.919 bits per heavy atom. The lowest BCUT2D eigenvalue weighted by atomic mass is 10.0. The number of amides is 2. The second-order valence-electron chi connectivity index (χ2n) is 9.93. The molecule has 0 spiro atoms. The Bertz CT molecular complexity index is 1150. The molecule has 1 N–H and O–H groups in total. The zero-order valence-corrected chi connectivity index (χ0v) is 22.0. The van der Waals surface area contributed by atoms with Crippen molar-refractivity contribution in [2.75, 3.05) is 6.61 Å². The quantitative estimate of drug-likeness (QED) is 0.372. The van der Waals surface area contributed by atoms with E-state index in [9.17, 15) is 9.59 Å². The van der Waals surface area contributed by atoms with Gasteiger partial charge in [-0.15, -0.1) is 0 Å². The number of hydrogen-bond donors (Lipinski definition) is 1. The predicted molar refractivity (Wildman–Crippen MR) is 147 cm³/mol. The van der Waals surface area contributed by atoms with Crippen LogP contribution in [0.15, 0.2) is 78.9 Å². The van der Waals surface area contributed by atoms with Crippen molar-refractivity contribution in [3.63, 3.8) is 0 Å². The fourth-order valence-corrected chi connectivity index (χ4v) is 4.94. The number of aryl methyl sites for hydroxylation is 2. The Kier molecular flexibility index (Phi) is 9.36. The Morgan fingerprint density at radius 2 is 1.59 bits per heavy atom. The lowest BCUT2D eigenvalue weighted by molar-refractivity contribution is -0.143. The van der Waals surface area contributed by atoms with Gasteiger partial charge in [-0.1, -0.05) is 86.5 Å². The van der Waals surface area contributed by atoms with E-state index in [1.807, 2.05) is 85.8 Å². The molecule has 37 heavy (non-hydrogen) atoms. The monoisotopic (exact) mass is 498 g/mol. The average molecular weight is 499 g/mol. The number of carbonyl (C=O) groups is 2. The number of rotatable bonds is 11. The molecule has 4 rings (SSSR count). The van der Waals surface area contributed by atoms with Crippen LogP contribution in [0.4, 0.5) is 0 Å². The zero-order chi connectivity index (χ0) is 26.0. The highest BCUT2D eigenvalue weighted by Crippen LogP contribution is 2.21. The lowest BCUT2D eigenvalue weighted by Crippen LogP contribution is -2.53. The van der Waals surface area contributed by atoms with Gasteiger partial charge in [0.1, 0.15) is 11.8 Å². The molecule has 1 unspecified atom stereocenters. The largest absolute Gasteiger partial charge is 0.484 e. The standard InChI is InChI=1S/C32H38N2O3/c1-3-25-17-19-29(20-18-25)37-23-31(35)34(22-27-14-8-7-11-24(27)2)30(21-26-12-5-4-6-13-26)32(36)33-28-15-9-10-16-28/h4-8,11-14,17-20,28,30H,3,9-10,15-16,21-23H2,1-2H3,(H,33,36). The molecular weight excluding hydrogens is 460 g/mol. The van der Waals surface area contributed by atoms with E-state index in [1.165, 1.54) is 5.56 Å². The number of ether oxygens (including phenoxy) is 1. The minimum Gasteiger partial charge on any atom is -0.484 e. The molecule has 1 aliphatic rings. The molecule has 1 aliphatic carbocycles. The summed E-state index contributed by atoms with van der Waals surface area (Å²) in [5.41, 5.74) is 4.35. The Hall–Kier alpha value is -3.60. The molecule has 0 heterocycles. The molecule has 3 aromatic rings. The van der Waals surface area contributed by atoms with E-state index in [0.717, 1.165) is 48.8 Å². The van der Waals surface area contributed by atoms with Crippen molar-refractivity contribution in [3.8, 4) is 5.75 Å². The van der Waals surface area contributed by atoms with Crippen molar-refractivity contribution >= 4 is 11.8 Å². The van der Waals surface area contributed by atoms with E-state index in [0.29, 0.717) is 18.7 Å². The summed E-state index contributed by atoms with van der Waals surface area (Å²) in [5, 5.41) is 3.25. The van der Waals surface area contributed by atoms with Gasteiger partial charge in [0.15, 0.2) is 6.61 Å². The fraction of sp³-hybridized carbons (Fsp3) is 0.375. The van der Waals surface area contributed by atoms with Crippen LogP contribution in [0.2, 0.25) is 0 Å². The number of carbonyl (C=O) groups excluding carboxylic acids is 2. The van der Waals surface area contributed by atoms with Gasteiger partial charge in [-0.2, -0.15) is 0 Å². The molecule has 0 aliphatic heterocycles. The molecule has 1 saturated carbocycles. The second-order valence-corrected chi connectivity index (χ2v) is 9.93. The summed E-state index contributed by atoms with van der Waals surface area (Å²) in [4.78, 5) is 29.2. The fourth-order valence-electron chi connectivity index (χ4n) is 4.94. The van der Waals surface area contributed by atoms with Crippen LogP contribution in [0.1, 0.15) is 54.9 Å². The zero-order valence-electron chi connectivity index (χ0n) is 22.0. The highest BCUT2D eigenvalue weighted by atomic mass is 16.5. The van der Waals surface area contributed by atoms with Crippen LogP contribution >= 0.6 is 0 Å². The summed E-state index contributed by atoms with van der Waals surface area (Å²) in [6.07, 6.45) is 5.64. The van der Waals surface area contributed by atoms with Gasteiger partial charge in [0.05, 0.1) is 0 Å². The topological polar surface area (TPSA) is 58.6 Å². The van der Waals surface area contributed by atoms with E-state index in [1.54, 1.807) is 4.90 Å². The van der Waals surface area contributed by atoms with Gasteiger partial charge in [-0.3, -0.25) is 9.59 Å². The molecule has 1 atom stereocenters. The molecule has 0 saturated heterocycles. The van der Waals surface area contributed by atoms with Gasteiger partial charge in [-0.25, -0.2) is 0 Å². The second kappa shape index (κ2) is 13.1. The molecule has 5 nitrogen and oxygen atoms in total. The third kappa shape index (κ3) is 7.45. The lowest BCUT2D eigenvalue weighted by Gasteiger charge is -2.32. The Morgan fingerprint density at radius 3 is 2.27 bits per heavy atom. The average Bonchev–Trinajstić information content (AvgIpc) is 3.44. The van der Waals surface area contributed by atoms with Crippen LogP contribution in [-0.4, -0.2) is 35.4 Å². The van der Waals surface area contributed by atoms with Crippen molar-refractivity contribution in [1.82, 2.24) is 10.2 Å². The summed E-state index contributed by atoms with van der Waals surface area (Å²) in [5.74, 6) is 0.353. The molecule has 3 aromatic carbocycles. The normalized spacial score (nSPS) is 14.2. The molecular formula is C32H38N2O3. The molecule has 0 radical (unpaired) electrons. The smallest absolute Gasteiger partial charge is 0.261 e. The molecule has 194 valence electrons. The third-order valence-corrected chi connectivity index (χ3v) is 7.27. The van der Waals surface area contributed by atoms with Crippen LogP contribution in [0.3, 0.4) is 0 Å². The van der Waals surface area contributed by atoms with E-state index >= 15 is 0 Å². The summed E-state index contributed by atoms with van der Waals surface area (Å²) in [6.45, 7) is 4.36. The Labute approximate surface area is 220 Å². The summed E-state index contributed by atoms with van der Waals surface area (Å²) < 4.78 is 5.91. The number of nitrogens with one attached hydrogen (secondary N) is 1. The van der Waals surface area contributed by atoms with Crippen molar-refractivity contribution < 1.29 is 14.3 Å². The molecule has 1 fully saturated rings. The molecule has 0 aromatic heterocycles. The van der Waals surface area contributed by atoms with E-state index in [4.69, 9.17) is 4.74 Å². The number of hydrogen-bond acceptors (Lipinski definition) is 3. The van der Waals surface area contributed by atoms with Crippen molar-refractivity contribution in [2.24, 2.45) is 0 Å². The van der Waals surface area contributed by atoms with Crippen LogP contribution in [0, 0.1) is 6.92 Å². The van der Waals surface area contributed by atoms with E-state index in [-0.39, 0.29) is 24.5 Å². The summed E-state index contributed by atoms with van der Waals surface area (Å²) in [6, 6.07) is 25.3.